The fraction of sp³-hybridized carbons (Fsp3) is 0.100. The van der Waals surface area contributed by atoms with E-state index < -0.39 is 0 Å². The number of hydrogen-bond donors (Lipinski definition) is 1. The summed E-state index contributed by atoms with van der Waals surface area (Å²) in [6.45, 7) is 0.421. The van der Waals surface area contributed by atoms with Gasteiger partial charge in [0.1, 0.15) is 18.1 Å². The van der Waals surface area contributed by atoms with E-state index in [1.54, 1.807) is 24.3 Å². The molecule has 0 aromatic heterocycles. The van der Waals surface area contributed by atoms with Crippen LogP contribution in [0.1, 0.15) is 15.9 Å². The zero-order valence-electron chi connectivity index (χ0n) is 13.3. The number of amides is 1. The topological polar surface area (TPSA) is 64.6 Å². The predicted molar refractivity (Wildman–Crippen MR) is 94.0 cm³/mol. The Morgan fingerprint density at radius 3 is 2.80 bits per heavy atom. The van der Waals surface area contributed by atoms with Gasteiger partial charge < -0.3 is 14.8 Å². The van der Waals surface area contributed by atoms with E-state index in [0.29, 0.717) is 23.6 Å². The van der Waals surface area contributed by atoms with Crippen molar-refractivity contribution in [3.05, 3.63) is 71.3 Å². The van der Waals surface area contributed by atoms with E-state index in [9.17, 15) is 9.59 Å². The average Bonchev–Trinajstić information content (AvgIpc) is 2.65. The lowest BCUT2D eigenvalue weighted by Gasteiger charge is -2.18. The highest BCUT2D eigenvalue weighted by atomic mass is 16.5. The molecule has 0 spiro atoms. The number of hydrogen-bond acceptors (Lipinski definition) is 4. The first-order chi connectivity index (χ1) is 12.2. The molecule has 4 rings (SSSR count). The summed E-state index contributed by atoms with van der Waals surface area (Å²) < 4.78 is 11.0. The average molecular weight is 333 g/mol. The normalized spacial score (nSPS) is 15.4. The molecule has 2 aliphatic rings. The molecule has 0 atom stereocenters. The Morgan fingerprint density at radius 2 is 1.88 bits per heavy atom. The molecule has 0 fully saturated rings. The highest BCUT2D eigenvalue weighted by Crippen LogP contribution is 2.29. The van der Waals surface area contributed by atoms with E-state index in [4.69, 9.17) is 9.47 Å². The molecule has 5 heteroatoms. The van der Waals surface area contributed by atoms with E-state index >= 15 is 0 Å². The summed E-state index contributed by atoms with van der Waals surface area (Å²) in [5.74, 6) is 1.04. The molecule has 0 aliphatic carbocycles. The lowest BCUT2D eigenvalue weighted by atomic mass is 10.0. The van der Waals surface area contributed by atoms with Crippen molar-refractivity contribution in [1.29, 1.82) is 0 Å². The van der Waals surface area contributed by atoms with Crippen LogP contribution in [0.4, 0.5) is 5.69 Å². The first-order valence-corrected chi connectivity index (χ1v) is 7.90. The predicted octanol–water partition coefficient (Wildman–Crippen LogP) is 3.23. The number of rotatable bonds is 3. The quantitative estimate of drug-likeness (QED) is 0.692. The summed E-state index contributed by atoms with van der Waals surface area (Å²) in [7, 11) is 0. The van der Waals surface area contributed by atoms with Crippen molar-refractivity contribution in [3.63, 3.8) is 0 Å². The first kappa shape index (κ1) is 15.2. The molecule has 0 saturated heterocycles. The van der Waals surface area contributed by atoms with Crippen molar-refractivity contribution >= 4 is 23.5 Å². The van der Waals surface area contributed by atoms with Gasteiger partial charge in [-0.1, -0.05) is 24.3 Å². The van der Waals surface area contributed by atoms with Gasteiger partial charge in [-0.05, 0) is 42.0 Å². The Hall–Kier alpha value is -3.34. The fourth-order valence-corrected chi connectivity index (χ4v) is 2.75. The highest BCUT2D eigenvalue weighted by molar-refractivity contribution is 6.06. The molecule has 25 heavy (non-hydrogen) atoms. The van der Waals surface area contributed by atoms with E-state index in [2.05, 4.69) is 5.32 Å². The minimum Gasteiger partial charge on any atom is -0.488 e. The van der Waals surface area contributed by atoms with Gasteiger partial charge in [0.15, 0.2) is 12.4 Å². The van der Waals surface area contributed by atoms with Crippen molar-refractivity contribution in [2.75, 3.05) is 18.5 Å². The largest absolute Gasteiger partial charge is 0.488 e. The van der Waals surface area contributed by atoms with Gasteiger partial charge in [-0.2, -0.15) is 0 Å². The maximum atomic E-state index is 12.4. The molecule has 2 aromatic rings. The number of nitrogens with one attached hydrogen (secondary N) is 1. The van der Waals surface area contributed by atoms with Crippen LogP contribution in [0.25, 0.3) is 6.08 Å². The Morgan fingerprint density at radius 1 is 1.04 bits per heavy atom. The third-order valence-electron chi connectivity index (χ3n) is 4.00. The number of anilines is 1. The third-order valence-corrected chi connectivity index (χ3v) is 4.00. The Bertz CT molecular complexity index is 927. The number of allylic oxidation sites excluding steroid dienone is 1. The molecule has 5 nitrogen and oxygen atoms in total. The molecule has 2 aromatic carbocycles. The number of carbonyl (C=O) groups excluding carboxylic acids is 2. The van der Waals surface area contributed by atoms with Crippen molar-refractivity contribution in [1.82, 2.24) is 0 Å². The van der Waals surface area contributed by atoms with Crippen LogP contribution in [-0.4, -0.2) is 24.9 Å². The molecular weight excluding hydrogens is 318 g/mol. The minimum atomic E-state index is -0.226. The van der Waals surface area contributed by atoms with Crippen LogP contribution in [0, 0.1) is 0 Å². The number of fused-ring (bicyclic) bond motifs is 2. The van der Waals surface area contributed by atoms with Gasteiger partial charge in [0.2, 0.25) is 0 Å². The SMILES string of the molecule is O=C1COc2ccc(C(=O)/C=C\C3=Cc4ccccc4OC3)cc2N1. The van der Waals surface area contributed by atoms with Crippen LogP contribution < -0.4 is 14.8 Å². The number of carbonyl (C=O) groups is 2. The number of ether oxygens (including phenoxy) is 2. The van der Waals surface area contributed by atoms with Crippen LogP contribution >= 0.6 is 0 Å². The number of ketones is 1. The van der Waals surface area contributed by atoms with Gasteiger partial charge in [-0.25, -0.2) is 0 Å². The van der Waals surface area contributed by atoms with Gasteiger partial charge in [0.05, 0.1) is 5.69 Å². The van der Waals surface area contributed by atoms with Crippen LogP contribution in [0.15, 0.2) is 60.2 Å². The summed E-state index contributed by atoms with van der Waals surface area (Å²) in [6.07, 6.45) is 5.27. The molecule has 0 unspecified atom stereocenters. The van der Waals surface area contributed by atoms with Crippen LogP contribution in [0.5, 0.6) is 11.5 Å². The van der Waals surface area contributed by atoms with E-state index in [1.165, 1.54) is 6.08 Å². The second kappa shape index (κ2) is 6.28. The summed E-state index contributed by atoms with van der Waals surface area (Å²) in [4.78, 5) is 23.8. The Labute approximate surface area is 144 Å². The van der Waals surface area contributed by atoms with Gasteiger partial charge in [0.25, 0.3) is 5.91 Å². The summed E-state index contributed by atoms with van der Waals surface area (Å²) >= 11 is 0. The monoisotopic (exact) mass is 333 g/mol. The first-order valence-electron chi connectivity index (χ1n) is 7.90. The molecule has 0 saturated carbocycles. The lowest BCUT2D eigenvalue weighted by Crippen LogP contribution is -2.25. The highest BCUT2D eigenvalue weighted by Gasteiger charge is 2.17. The van der Waals surface area contributed by atoms with Crippen molar-refractivity contribution < 1.29 is 19.1 Å². The van der Waals surface area contributed by atoms with Crippen LogP contribution in [0.3, 0.4) is 0 Å². The van der Waals surface area contributed by atoms with Crippen LogP contribution in [-0.2, 0) is 4.79 Å². The smallest absolute Gasteiger partial charge is 0.262 e. The molecule has 2 aliphatic heterocycles. The van der Waals surface area contributed by atoms with Crippen molar-refractivity contribution in [2.45, 2.75) is 0 Å². The Balaban J connectivity index is 1.53. The molecule has 1 amide bonds. The van der Waals surface area contributed by atoms with Crippen LogP contribution in [0.2, 0.25) is 0 Å². The van der Waals surface area contributed by atoms with E-state index in [1.807, 2.05) is 30.3 Å². The second-order valence-electron chi connectivity index (χ2n) is 5.79. The van der Waals surface area contributed by atoms with Gasteiger partial charge >= 0.3 is 0 Å². The Kier molecular flexibility index (Phi) is 3.82. The van der Waals surface area contributed by atoms with Gasteiger partial charge in [0, 0.05) is 11.1 Å². The van der Waals surface area contributed by atoms with Crippen molar-refractivity contribution in [3.8, 4) is 11.5 Å². The number of para-hydroxylation sites is 1. The molecule has 1 N–H and O–H groups in total. The fourth-order valence-electron chi connectivity index (χ4n) is 2.75. The van der Waals surface area contributed by atoms with E-state index in [0.717, 1.165) is 16.9 Å². The standard InChI is InChI=1S/C20H15NO4/c22-17(14-6-8-19-16(10-14)21-20(23)12-25-19)7-5-13-9-15-3-1-2-4-18(15)24-11-13/h1-10H,11-12H2,(H,21,23)/b7-5-. The molecule has 0 bridgehead atoms. The number of benzene rings is 2. The zero-order chi connectivity index (χ0) is 17.2. The molecule has 124 valence electrons. The molecular formula is C20H15NO4. The van der Waals surface area contributed by atoms with Crippen molar-refractivity contribution in [2.24, 2.45) is 0 Å². The zero-order valence-corrected chi connectivity index (χ0v) is 13.3. The minimum absolute atomic E-state index is 0.00414. The third kappa shape index (κ3) is 3.17. The van der Waals surface area contributed by atoms with E-state index in [-0.39, 0.29) is 18.3 Å². The lowest BCUT2D eigenvalue weighted by molar-refractivity contribution is -0.118. The molecule has 0 radical (unpaired) electrons. The van der Waals surface area contributed by atoms with Gasteiger partial charge in [-0.15, -0.1) is 0 Å². The maximum absolute atomic E-state index is 12.4. The summed E-state index contributed by atoms with van der Waals surface area (Å²) in [5.41, 5.74) is 2.92. The maximum Gasteiger partial charge on any atom is 0.262 e. The summed E-state index contributed by atoms with van der Waals surface area (Å²) in [5, 5.41) is 2.70. The van der Waals surface area contributed by atoms with Gasteiger partial charge in [-0.3, -0.25) is 9.59 Å². The molecule has 2 heterocycles. The second-order valence-corrected chi connectivity index (χ2v) is 5.79. The summed E-state index contributed by atoms with van der Waals surface area (Å²) in [6, 6.07) is 12.8.